The van der Waals surface area contributed by atoms with Gasteiger partial charge in [0, 0.05) is 23.9 Å². The van der Waals surface area contributed by atoms with E-state index in [9.17, 15) is 18.5 Å². The number of nitrogens with one attached hydrogen (secondary N) is 2. The van der Waals surface area contributed by atoms with E-state index in [1.807, 2.05) is 13.0 Å². The molecular formula is C23H21N5O5S. The first-order valence-corrected chi connectivity index (χ1v) is 11.9. The maximum Gasteiger partial charge on any atom is 0.270 e. The zero-order valence-corrected chi connectivity index (χ0v) is 19.0. The second kappa shape index (κ2) is 9.71. The number of nitro benzene ring substituents is 1. The molecule has 0 aliphatic heterocycles. The van der Waals surface area contributed by atoms with Crippen molar-refractivity contribution >= 4 is 44.1 Å². The van der Waals surface area contributed by atoms with Crippen molar-refractivity contribution in [3.63, 3.8) is 0 Å². The zero-order valence-electron chi connectivity index (χ0n) is 18.1. The van der Waals surface area contributed by atoms with E-state index in [4.69, 9.17) is 4.74 Å². The van der Waals surface area contributed by atoms with E-state index in [1.54, 1.807) is 42.5 Å². The Morgan fingerprint density at radius 3 is 2.35 bits per heavy atom. The lowest BCUT2D eigenvalue weighted by atomic mass is 10.3. The van der Waals surface area contributed by atoms with Crippen molar-refractivity contribution < 1.29 is 18.1 Å². The molecule has 0 bridgehead atoms. The molecule has 3 aromatic carbocycles. The third-order valence-electron chi connectivity index (χ3n) is 4.71. The molecule has 11 heteroatoms. The molecule has 0 spiro atoms. The number of aromatic nitrogens is 2. The van der Waals surface area contributed by atoms with Crippen molar-refractivity contribution in [3.05, 3.63) is 82.9 Å². The number of nitrogens with zero attached hydrogens (tertiary/aromatic N) is 3. The first-order chi connectivity index (χ1) is 16.4. The highest BCUT2D eigenvalue weighted by Gasteiger charge is 2.21. The van der Waals surface area contributed by atoms with Gasteiger partial charge in [-0.3, -0.25) is 14.8 Å². The molecule has 4 rings (SSSR count). The fourth-order valence-corrected chi connectivity index (χ4v) is 4.18. The Hall–Kier alpha value is -4.25. The van der Waals surface area contributed by atoms with Gasteiger partial charge >= 0.3 is 0 Å². The SMILES string of the molecule is CCCOc1cccc(Nc2nc3ccccc3nc2NS(=O)(=O)c2cccc([N+](=O)[O-])c2)c1. The minimum atomic E-state index is -4.19. The number of fused-ring (bicyclic) bond motifs is 1. The molecule has 174 valence electrons. The van der Waals surface area contributed by atoms with Crippen LogP contribution in [-0.2, 0) is 10.0 Å². The number of hydrogen-bond acceptors (Lipinski definition) is 8. The van der Waals surface area contributed by atoms with Crippen LogP contribution in [0.25, 0.3) is 11.0 Å². The van der Waals surface area contributed by atoms with Gasteiger partial charge in [0.25, 0.3) is 15.7 Å². The normalized spacial score (nSPS) is 11.2. The van der Waals surface area contributed by atoms with Gasteiger partial charge in [0.2, 0.25) is 0 Å². The van der Waals surface area contributed by atoms with Crippen molar-refractivity contribution in [3.8, 4) is 5.75 Å². The van der Waals surface area contributed by atoms with Crippen LogP contribution in [0, 0.1) is 10.1 Å². The Morgan fingerprint density at radius 1 is 0.941 bits per heavy atom. The molecule has 0 saturated heterocycles. The molecular weight excluding hydrogens is 458 g/mol. The van der Waals surface area contributed by atoms with Crippen LogP contribution in [-0.4, -0.2) is 29.9 Å². The monoisotopic (exact) mass is 479 g/mol. The summed E-state index contributed by atoms with van der Waals surface area (Å²) in [7, 11) is -4.19. The predicted octanol–water partition coefficient (Wildman–Crippen LogP) is 4.87. The van der Waals surface area contributed by atoms with Crippen LogP contribution in [0.15, 0.2) is 77.7 Å². The lowest BCUT2D eigenvalue weighted by Crippen LogP contribution is -2.16. The summed E-state index contributed by atoms with van der Waals surface area (Å²) < 4.78 is 34.2. The van der Waals surface area contributed by atoms with E-state index in [1.165, 1.54) is 18.2 Å². The van der Waals surface area contributed by atoms with Gasteiger partial charge < -0.3 is 10.1 Å². The molecule has 1 heterocycles. The van der Waals surface area contributed by atoms with Crippen LogP contribution in [0.1, 0.15) is 13.3 Å². The number of hydrogen-bond donors (Lipinski definition) is 2. The molecule has 0 aliphatic carbocycles. The smallest absolute Gasteiger partial charge is 0.270 e. The summed E-state index contributed by atoms with van der Waals surface area (Å²) in [4.78, 5) is 19.1. The first kappa shape index (κ1) is 22.9. The summed E-state index contributed by atoms with van der Waals surface area (Å²) in [5.41, 5.74) is 1.32. The van der Waals surface area contributed by atoms with E-state index in [2.05, 4.69) is 20.0 Å². The highest BCUT2D eigenvalue weighted by Crippen LogP contribution is 2.29. The van der Waals surface area contributed by atoms with Crippen LogP contribution in [0.2, 0.25) is 0 Å². The molecule has 4 aromatic rings. The maximum atomic E-state index is 13.0. The molecule has 2 N–H and O–H groups in total. The van der Waals surface area contributed by atoms with Gasteiger partial charge in [0.1, 0.15) is 5.75 Å². The molecule has 10 nitrogen and oxygen atoms in total. The molecule has 0 fully saturated rings. The van der Waals surface area contributed by atoms with Crippen LogP contribution >= 0.6 is 0 Å². The molecule has 0 atom stereocenters. The number of nitro groups is 1. The van der Waals surface area contributed by atoms with Crippen molar-refractivity contribution in [2.24, 2.45) is 0 Å². The topological polar surface area (TPSA) is 136 Å². The second-order valence-electron chi connectivity index (χ2n) is 7.27. The number of para-hydroxylation sites is 2. The van der Waals surface area contributed by atoms with Gasteiger partial charge in [-0.25, -0.2) is 18.4 Å². The first-order valence-electron chi connectivity index (χ1n) is 10.4. The lowest BCUT2D eigenvalue weighted by molar-refractivity contribution is -0.385. The van der Waals surface area contributed by atoms with Crippen LogP contribution < -0.4 is 14.8 Å². The van der Waals surface area contributed by atoms with Crippen molar-refractivity contribution in [2.75, 3.05) is 16.6 Å². The number of non-ortho nitro benzene ring substituents is 1. The third-order valence-corrected chi connectivity index (χ3v) is 6.05. The standard InChI is InChI=1S/C23H21N5O5S/c1-2-13-33-18-9-5-7-16(14-18)24-22-23(26-21-12-4-3-11-20(21)25-22)27-34(31,32)19-10-6-8-17(15-19)28(29)30/h3-12,14-15H,2,13H2,1H3,(H,24,25)(H,26,27). The number of sulfonamides is 1. The Morgan fingerprint density at radius 2 is 1.65 bits per heavy atom. The van der Waals surface area contributed by atoms with Gasteiger partial charge in [-0.2, -0.15) is 0 Å². The third kappa shape index (κ3) is 5.21. The maximum absolute atomic E-state index is 13.0. The van der Waals surface area contributed by atoms with Crippen LogP contribution in [0.3, 0.4) is 0 Å². The molecule has 1 aromatic heterocycles. The van der Waals surface area contributed by atoms with E-state index >= 15 is 0 Å². The molecule has 0 saturated carbocycles. The van der Waals surface area contributed by atoms with Crippen molar-refractivity contribution in [2.45, 2.75) is 18.2 Å². The Balaban J connectivity index is 1.73. The Labute approximate surface area is 195 Å². The minimum absolute atomic E-state index is 0.0508. The summed E-state index contributed by atoms with van der Waals surface area (Å²) in [6.07, 6.45) is 0.859. The molecule has 0 radical (unpaired) electrons. The van der Waals surface area contributed by atoms with Crippen molar-refractivity contribution in [1.29, 1.82) is 0 Å². The Bertz CT molecular complexity index is 1460. The largest absolute Gasteiger partial charge is 0.494 e. The zero-order chi connectivity index (χ0) is 24.1. The Kier molecular flexibility index (Phi) is 6.55. The van der Waals surface area contributed by atoms with Gasteiger partial charge in [-0.15, -0.1) is 0 Å². The number of benzene rings is 3. The molecule has 0 amide bonds. The minimum Gasteiger partial charge on any atom is -0.494 e. The highest BCUT2D eigenvalue weighted by atomic mass is 32.2. The van der Waals surface area contributed by atoms with E-state index in [0.29, 0.717) is 29.1 Å². The number of anilines is 3. The van der Waals surface area contributed by atoms with E-state index in [-0.39, 0.29) is 22.2 Å². The summed E-state index contributed by atoms with van der Waals surface area (Å²) >= 11 is 0. The quantitative estimate of drug-likeness (QED) is 0.256. The second-order valence-corrected chi connectivity index (χ2v) is 8.95. The summed E-state index contributed by atoms with van der Waals surface area (Å²) in [6, 6.07) is 19.0. The average Bonchev–Trinajstić information content (AvgIpc) is 2.83. The molecule has 0 aliphatic rings. The lowest BCUT2D eigenvalue weighted by Gasteiger charge is -2.14. The van der Waals surface area contributed by atoms with E-state index in [0.717, 1.165) is 12.5 Å². The van der Waals surface area contributed by atoms with Gasteiger partial charge in [-0.1, -0.05) is 31.2 Å². The van der Waals surface area contributed by atoms with E-state index < -0.39 is 14.9 Å². The summed E-state index contributed by atoms with van der Waals surface area (Å²) in [5, 5.41) is 14.2. The van der Waals surface area contributed by atoms with Gasteiger partial charge in [-0.05, 0) is 36.8 Å². The summed E-state index contributed by atoms with van der Waals surface area (Å²) in [6.45, 7) is 2.57. The molecule has 0 unspecified atom stereocenters. The highest BCUT2D eigenvalue weighted by molar-refractivity contribution is 7.92. The van der Waals surface area contributed by atoms with Crippen LogP contribution in [0.4, 0.5) is 23.0 Å². The van der Waals surface area contributed by atoms with Crippen LogP contribution in [0.5, 0.6) is 5.75 Å². The number of rotatable bonds is 9. The molecule has 34 heavy (non-hydrogen) atoms. The fourth-order valence-electron chi connectivity index (χ4n) is 3.13. The average molecular weight is 480 g/mol. The summed E-state index contributed by atoms with van der Waals surface area (Å²) in [5.74, 6) is 0.768. The van der Waals surface area contributed by atoms with Crippen molar-refractivity contribution in [1.82, 2.24) is 9.97 Å². The predicted molar refractivity (Wildman–Crippen MR) is 129 cm³/mol. The fraction of sp³-hybridized carbons (Fsp3) is 0.130. The van der Waals surface area contributed by atoms with Gasteiger partial charge in [0.15, 0.2) is 11.6 Å². The van der Waals surface area contributed by atoms with Gasteiger partial charge in [0.05, 0.1) is 27.5 Å². The number of ether oxygens (including phenoxy) is 1.